The van der Waals surface area contributed by atoms with E-state index in [0.717, 1.165) is 42.6 Å². The zero-order valence-corrected chi connectivity index (χ0v) is 16.6. The minimum absolute atomic E-state index is 0.0107. The summed E-state index contributed by atoms with van der Waals surface area (Å²) in [5.74, 6) is -0.165. The third kappa shape index (κ3) is 3.57. The number of hydrogen-bond acceptors (Lipinski definition) is 3. The van der Waals surface area contributed by atoms with Crippen LogP contribution in [-0.2, 0) is 9.59 Å². The van der Waals surface area contributed by atoms with Crippen molar-refractivity contribution in [2.75, 3.05) is 47.8 Å². The molecule has 1 atom stereocenters. The number of carbonyl (C=O) groups excluding carboxylic acids is 2. The number of anilines is 3. The van der Waals surface area contributed by atoms with E-state index in [0.29, 0.717) is 5.69 Å². The smallest absolute Gasteiger partial charge is 0.285 e. The zero-order chi connectivity index (χ0) is 19.7. The molecule has 6 nitrogen and oxygen atoms in total. The van der Waals surface area contributed by atoms with Crippen LogP contribution >= 0.6 is 11.6 Å². The van der Waals surface area contributed by atoms with Crippen LogP contribution in [0, 0.1) is 0 Å². The van der Waals surface area contributed by atoms with Crippen LogP contribution in [0.25, 0.3) is 0 Å². The molecule has 1 fully saturated rings. The molecule has 7 heteroatoms. The fourth-order valence-electron chi connectivity index (χ4n) is 4.01. The highest BCUT2D eigenvalue weighted by Crippen LogP contribution is 2.29. The molecule has 2 heterocycles. The van der Waals surface area contributed by atoms with Crippen LogP contribution in [0.3, 0.4) is 0 Å². The number of rotatable bonds is 3. The average molecular weight is 400 g/mol. The molecule has 28 heavy (non-hydrogen) atoms. The summed E-state index contributed by atoms with van der Waals surface area (Å²) < 4.78 is 0. The van der Waals surface area contributed by atoms with E-state index in [1.165, 1.54) is 4.90 Å². The number of carbonyl (C=O) groups is 2. The normalized spacial score (nSPS) is 18.4. The van der Waals surface area contributed by atoms with Gasteiger partial charge in [-0.05, 0) is 31.2 Å². The molecule has 0 saturated carbocycles. The van der Waals surface area contributed by atoms with E-state index >= 15 is 0 Å². The van der Waals surface area contributed by atoms with Crippen LogP contribution in [-0.4, -0.2) is 50.6 Å². The van der Waals surface area contributed by atoms with Crippen LogP contribution in [0.5, 0.6) is 0 Å². The number of amides is 2. The van der Waals surface area contributed by atoms with Gasteiger partial charge in [-0.25, -0.2) is 0 Å². The molecular weight excluding hydrogens is 376 g/mol. The highest BCUT2D eigenvalue weighted by Gasteiger charge is 2.36. The van der Waals surface area contributed by atoms with Crippen molar-refractivity contribution in [1.82, 2.24) is 0 Å². The topological polar surface area (TPSA) is 57.1 Å². The highest BCUT2D eigenvalue weighted by atomic mass is 35.5. The van der Waals surface area contributed by atoms with Crippen molar-refractivity contribution >= 4 is 40.5 Å². The molecule has 1 saturated heterocycles. The van der Waals surface area contributed by atoms with Gasteiger partial charge < -0.3 is 15.1 Å². The van der Waals surface area contributed by atoms with Gasteiger partial charge in [0, 0.05) is 0 Å². The van der Waals surface area contributed by atoms with Crippen molar-refractivity contribution in [3.8, 4) is 0 Å². The first-order chi connectivity index (χ1) is 13.5. The molecule has 0 aromatic heterocycles. The SMILES string of the molecule is C[C@@H](C(=O)N1CC(=O)Nc2ccccc21)[NH+]1CCN(c2ccccc2Cl)CC1. The Balaban J connectivity index is 1.44. The highest BCUT2D eigenvalue weighted by molar-refractivity contribution is 6.33. The van der Waals surface area contributed by atoms with Gasteiger partial charge in [0.25, 0.3) is 5.91 Å². The number of nitrogens with zero attached hydrogens (tertiary/aromatic N) is 2. The van der Waals surface area contributed by atoms with Crippen molar-refractivity contribution in [3.63, 3.8) is 0 Å². The van der Waals surface area contributed by atoms with E-state index in [-0.39, 0.29) is 24.4 Å². The summed E-state index contributed by atoms with van der Waals surface area (Å²) >= 11 is 6.32. The molecule has 146 valence electrons. The molecule has 2 aliphatic rings. The molecular formula is C21H24ClN4O2+. The number of halogens is 1. The van der Waals surface area contributed by atoms with E-state index in [9.17, 15) is 9.59 Å². The third-order valence-corrected chi connectivity index (χ3v) is 5.94. The van der Waals surface area contributed by atoms with Crippen LogP contribution in [0.1, 0.15) is 6.92 Å². The zero-order valence-electron chi connectivity index (χ0n) is 15.8. The first-order valence-corrected chi connectivity index (χ1v) is 9.96. The maximum absolute atomic E-state index is 13.2. The lowest BCUT2D eigenvalue weighted by atomic mass is 10.1. The maximum Gasteiger partial charge on any atom is 0.285 e. The summed E-state index contributed by atoms with van der Waals surface area (Å²) in [7, 11) is 0. The minimum atomic E-state index is -0.215. The van der Waals surface area contributed by atoms with Crippen molar-refractivity contribution in [2.45, 2.75) is 13.0 Å². The van der Waals surface area contributed by atoms with Crippen molar-refractivity contribution < 1.29 is 14.5 Å². The van der Waals surface area contributed by atoms with Gasteiger partial charge in [-0.2, -0.15) is 0 Å². The monoisotopic (exact) mass is 399 g/mol. The van der Waals surface area contributed by atoms with Crippen LogP contribution in [0.15, 0.2) is 48.5 Å². The van der Waals surface area contributed by atoms with Gasteiger partial charge >= 0.3 is 0 Å². The number of hydrogen-bond donors (Lipinski definition) is 2. The number of fused-ring (bicyclic) bond motifs is 1. The molecule has 2 aliphatic heterocycles. The predicted molar refractivity (Wildman–Crippen MR) is 111 cm³/mol. The maximum atomic E-state index is 13.2. The Hall–Kier alpha value is -2.57. The predicted octanol–water partition coefficient (Wildman–Crippen LogP) is 1.42. The summed E-state index contributed by atoms with van der Waals surface area (Å²) in [6.07, 6.45) is 0. The fraction of sp³-hybridized carbons (Fsp3) is 0.333. The van der Waals surface area contributed by atoms with Gasteiger partial charge in [0.15, 0.2) is 6.04 Å². The van der Waals surface area contributed by atoms with Gasteiger partial charge in [-0.3, -0.25) is 14.5 Å². The fourth-order valence-corrected chi connectivity index (χ4v) is 4.27. The van der Waals surface area contributed by atoms with Crippen LogP contribution in [0.4, 0.5) is 17.1 Å². The summed E-state index contributed by atoms with van der Waals surface area (Å²) in [5.41, 5.74) is 2.51. The Morgan fingerprint density at radius 1 is 1.07 bits per heavy atom. The Morgan fingerprint density at radius 2 is 1.71 bits per heavy atom. The summed E-state index contributed by atoms with van der Waals surface area (Å²) in [6.45, 7) is 5.40. The lowest BCUT2D eigenvalue weighted by molar-refractivity contribution is -0.914. The first kappa shape index (κ1) is 18.8. The van der Waals surface area contributed by atoms with Crippen LogP contribution < -0.4 is 20.0 Å². The van der Waals surface area contributed by atoms with Gasteiger partial charge in [0.2, 0.25) is 5.91 Å². The Labute approximate surface area is 169 Å². The molecule has 0 radical (unpaired) electrons. The quantitative estimate of drug-likeness (QED) is 0.820. The van der Waals surface area contributed by atoms with E-state index in [4.69, 9.17) is 11.6 Å². The number of quaternary nitrogens is 1. The summed E-state index contributed by atoms with van der Waals surface area (Å²) in [6, 6.07) is 15.1. The Morgan fingerprint density at radius 3 is 2.43 bits per heavy atom. The van der Waals surface area contributed by atoms with E-state index in [1.807, 2.05) is 55.5 Å². The molecule has 4 rings (SSSR count). The van der Waals surface area contributed by atoms with Gasteiger partial charge in [-0.1, -0.05) is 35.9 Å². The summed E-state index contributed by atoms with van der Waals surface area (Å²) in [5, 5.41) is 3.59. The van der Waals surface area contributed by atoms with Gasteiger partial charge in [0.1, 0.15) is 6.54 Å². The van der Waals surface area contributed by atoms with Crippen molar-refractivity contribution in [3.05, 3.63) is 53.6 Å². The standard InChI is InChI=1S/C21H23ClN4O2/c1-15(21(28)26-14-20(27)23-17-7-3-5-9-19(17)26)24-10-12-25(13-11-24)18-8-4-2-6-16(18)22/h2-9,15H,10-14H2,1H3,(H,23,27)/p+1/t15-/m0/s1. The molecule has 2 N–H and O–H groups in total. The van der Waals surface area contributed by atoms with Crippen molar-refractivity contribution in [1.29, 1.82) is 0 Å². The Bertz CT molecular complexity index is 895. The van der Waals surface area contributed by atoms with Gasteiger partial charge in [0.05, 0.1) is 48.3 Å². The second-order valence-electron chi connectivity index (χ2n) is 7.31. The molecule has 2 aromatic rings. The molecule has 0 unspecified atom stereocenters. The number of piperazine rings is 1. The Kier molecular flexibility index (Phi) is 5.24. The minimum Gasteiger partial charge on any atom is -0.359 e. The largest absolute Gasteiger partial charge is 0.359 e. The average Bonchev–Trinajstić information content (AvgIpc) is 2.72. The van der Waals surface area contributed by atoms with E-state index in [1.54, 1.807) is 4.90 Å². The van der Waals surface area contributed by atoms with E-state index in [2.05, 4.69) is 10.2 Å². The molecule has 2 amide bonds. The number of nitrogens with one attached hydrogen (secondary N) is 2. The number of para-hydroxylation sites is 3. The third-order valence-electron chi connectivity index (χ3n) is 5.62. The first-order valence-electron chi connectivity index (χ1n) is 9.59. The second kappa shape index (κ2) is 7.81. The van der Waals surface area contributed by atoms with Crippen LogP contribution in [0.2, 0.25) is 5.02 Å². The molecule has 0 aliphatic carbocycles. The van der Waals surface area contributed by atoms with E-state index < -0.39 is 0 Å². The second-order valence-corrected chi connectivity index (χ2v) is 7.72. The molecule has 0 spiro atoms. The molecule has 0 bridgehead atoms. The van der Waals surface area contributed by atoms with Crippen molar-refractivity contribution in [2.24, 2.45) is 0 Å². The number of benzene rings is 2. The summed E-state index contributed by atoms with van der Waals surface area (Å²) in [4.78, 5) is 30.4. The molecule has 2 aromatic carbocycles. The lowest BCUT2D eigenvalue weighted by Gasteiger charge is -2.38. The lowest BCUT2D eigenvalue weighted by Crippen LogP contribution is -3.19. The van der Waals surface area contributed by atoms with Gasteiger partial charge in [-0.15, -0.1) is 0 Å².